The fraction of sp³-hybridized carbons (Fsp3) is 0.455. The van der Waals surface area contributed by atoms with E-state index in [1.54, 1.807) is 0 Å². The van der Waals surface area contributed by atoms with E-state index >= 15 is 0 Å². The lowest BCUT2D eigenvalue weighted by Gasteiger charge is -2.14. The van der Waals surface area contributed by atoms with Crippen LogP contribution in [0.15, 0.2) is 21.5 Å². The molecule has 0 aromatic heterocycles. The first kappa shape index (κ1) is 14.1. The molecule has 1 saturated carbocycles. The Morgan fingerprint density at radius 3 is 2.56 bits per heavy atom. The highest BCUT2D eigenvalue weighted by Crippen LogP contribution is 2.32. The zero-order valence-corrected chi connectivity index (χ0v) is 12.8. The second-order valence-electron chi connectivity index (χ2n) is 4.41. The van der Waals surface area contributed by atoms with Crippen molar-refractivity contribution >= 4 is 43.2 Å². The molecule has 1 aromatic carbocycles. The molecule has 7 heteroatoms. The molecule has 100 valence electrons. The molecular formula is C11H14BrClN2O2S. The van der Waals surface area contributed by atoms with E-state index in [1.165, 1.54) is 12.1 Å². The second-order valence-corrected chi connectivity index (χ2v) is 7.32. The topological polar surface area (TPSA) is 72.2 Å². The first-order valence-electron chi connectivity index (χ1n) is 5.67. The van der Waals surface area contributed by atoms with Crippen molar-refractivity contribution in [3.8, 4) is 0 Å². The van der Waals surface area contributed by atoms with Crippen LogP contribution < -0.4 is 10.5 Å². The van der Waals surface area contributed by atoms with Crippen molar-refractivity contribution in [2.75, 3.05) is 5.73 Å². The number of nitrogens with one attached hydrogen (secondary N) is 1. The predicted octanol–water partition coefficient (Wildman–Crippen LogP) is 2.91. The average Bonchev–Trinajstić information content (AvgIpc) is 2.75. The van der Waals surface area contributed by atoms with Crippen LogP contribution in [0.2, 0.25) is 5.02 Å². The Morgan fingerprint density at radius 2 is 1.94 bits per heavy atom. The number of hydrogen-bond donors (Lipinski definition) is 2. The molecule has 0 bridgehead atoms. The van der Waals surface area contributed by atoms with Crippen molar-refractivity contribution in [2.24, 2.45) is 0 Å². The molecule has 0 aliphatic heterocycles. The zero-order valence-electron chi connectivity index (χ0n) is 9.62. The van der Waals surface area contributed by atoms with Gasteiger partial charge in [-0.25, -0.2) is 13.1 Å². The lowest BCUT2D eigenvalue weighted by Crippen LogP contribution is -2.32. The number of hydrogen-bond acceptors (Lipinski definition) is 3. The number of sulfonamides is 1. The van der Waals surface area contributed by atoms with Gasteiger partial charge < -0.3 is 5.73 Å². The van der Waals surface area contributed by atoms with E-state index in [4.69, 9.17) is 17.3 Å². The third-order valence-electron chi connectivity index (χ3n) is 3.00. The summed E-state index contributed by atoms with van der Waals surface area (Å²) in [5.41, 5.74) is 6.02. The SMILES string of the molecule is Nc1cc(Cl)cc(S(=O)(=O)NC2CCCC2)c1Br. The van der Waals surface area contributed by atoms with Gasteiger partial charge in [0.15, 0.2) is 0 Å². The fourth-order valence-electron chi connectivity index (χ4n) is 2.11. The monoisotopic (exact) mass is 352 g/mol. The smallest absolute Gasteiger partial charge is 0.242 e. The number of benzene rings is 1. The minimum absolute atomic E-state index is 0.0158. The van der Waals surface area contributed by atoms with Crippen LogP contribution in [0.5, 0.6) is 0 Å². The third kappa shape index (κ3) is 2.99. The summed E-state index contributed by atoms with van der Waals surface area (Å²) >= 11 is 9.05. The molecule has 4 nitrogen and oxygen atoms in total. The lowest BCUT2D eigenvalue weighted by molar-refractivity contribution is 0.552. The van der Waals surface area contributed by atoms with Gasteiger partial charge in [0.25, 0.3) is 0 Å². The Morgan fingerprint density at radius 1 is 1.33 bits per heavy atom. The summed E-state index contributed by atoms with van der Waals surface area (Å²) in [5.74, 6) is 0. The van der Waals surface area contributed by atoms with Crippen LogP contribution in [0.4, 0.5) is 5.69 Å². The van der Waals surface area contributed by atoms with Gasteiger partial charge in [0.05, 0.1) is 9.37 Å². The normalized spacial score (nSPS) is 17.2. The highest BCUT2D eigenvalue weighted by Gasteiger charge is 2.25. The summed E-state index contributed by atoms with van der Waals surface area (Å²) in [7, 11) is -3.58. The number of anilines is 1. The van der Waals surface area contributed by atoms with Crippen molar-refractivity contribution in [3.63, 3.8) is 0 Å². The van der Waals surface area contributed by atoms with Gasteiger partial charge in [-0.1, -0.05) is 24.4 Å². The van der Waals surface area contributed by atoms with E-state index in [1.807, 2.05) is 0 Å². The molecular weight excluding hydrogens is 340 g/mol. The van der Waals surface area contributed by atoms with Gasteiger partial charge >= 0.3 is 0 Å². The van der Waals surface area contributed by atoms with E-state index in [0.717, 1.165) is 25.7 Å². The Bertz CT molecular complexity index is 556. The van der Waals surface area contributed by atoms with E-state index in [0.29, 0.717) is 15.2 Å². The molecule has 1 aliphatic rings. The molecule has 1 fully saturated rings. The van der Waals surface area contributed by atoms with E-state index in [2.05, 4.69) is 20.7 Å². The second kappa shape index (κ2) is 5.36. The van der Waals surface area contributed by atoms with Crippen molar-refractivity contribution < 1.29 is 8.42 Å². The highest BCUT2D eigenvalue weighted by molar-refractivity contribution is 9.10. The maximum absolute atomic E-state index is 12.3. The molecule has 0 amide bonds. The van der Waals surface area contributed by atoms with Gasteiger partial charge in [-0.2, -0.15) is 0 Å². The van der Waals surface area contributed by atoms with Crippen LogP contribution in [0, 0.1) is 0 Å². The summed E-state index contributed by atoms with van der Waals surface area (Å²) in [6.07, 6.45) is 3.89. The van der Waals surface area contributed by atoms with Crippen LogP contribution in [0.3, 0.4) is 0 Å². The van der Waals surface area contributed by atoms with Crippen molar-refractivity contribution in [1.82, 2.24) is 4.72 Å². The molecule has 0 spiro atoms. The van der Waals surface area contributed by atoms with Gasteiger partial charge in [-0.05, 0) is 40.9 Å². The van der Waals surface area contributed by atoms with Crippen molar-refractivity contribution in [3.05, 3.63) is 21.6 Å². The third-order valence-corrected chi connectivity index (χ3v) is 5.91. The number of nitrogen functional groups attached to an aromatic ring is 1. The van der Waals surface area contributed by atoms with Gasteiger partial charge in [0.1, 0.15) is 0 Å². The molecule has 0 atom stereocenters. The minimum atomic E-state index is -3.58. The zero-order chi connectivity index (χ0) is 13.3. The Balaban J connectivity index is 2.34. The van der Waals surface area contributed by atoms with Gasteiger partial charge in [-0.3, -0.25) is 0 Å². The molecule has 0 unspecified atom stereocenters. The van der Waals surface area contributed by atoms with Crippen molar-refractivity contribution in [2.45, 2.75) is 36.6 Å². The number of halogens is 2. The first-order valence-corrected chi connectivity index (χ1v) is 8.32. The van der Waals surface area contributed by atoms with E-state index in [9.17, 15) is 8.42 Å². The standard InChI is InChI=1S/C11H14BrClN2O2S/c12-11-9(14)5-7(13)6-10(11)18(16,17)15-8-3-1-2-4-8/h5-6,8,15H,1-4,14H2. The summed E-state index contributed by atoms with van der Waals surface area (Å²) in [6, 6.07) is 2.93. The van der Waals surface area contributed by atoms with Crippen LogP contribution in [-0.4, -0.2) is 14.5 Å². The minimum Gasteiger partial charge on any atom is -0.398 e. The number of rotatable bonds is 3. The quantitative estimate of drug-likeness (QED) is 0.821. The molecule has 3 N–H and O–H groups in total. The van der Waals surface area contributed by atoms with Gasteiger partial charge in [-0.15, -0.1) is 0 Å². The van der Waals surface area contributed by atoms with Crippen LogP contribution in [0.25, 0.3) is 0 Å². The van der Waals surface area contributed by atoms with Gasteiger partial charge in [0.2, 0.25) is 10.0 Å². The molecule has 0 heterocycles. The summed E-state index contributed by atoms with van der Waals surface area (Å²) in [5, 5.41) is 0.308. The van der Waals surface area contributed by atoms with E-state index in [-0.39, 0.29) is 10.9 Å². The van der Waals surface area contributed by atoms with E-state index < -0.39 is 10.0 Å². The molecule has 18 heavy (non-hydrogen) atoms. The fourth-order valence-corrected chi connectivity index (χ4v) is 4.70. The number of nitrogens with two attached hydrogens (primary N) is 1. The molecule has 0 saturated heterocycles. The summed E-state index contributed by atoms with van der Waals surface area (Å²) < 4.78 is 27.6. The molecule has 1 aromatic rings. The summed E-state index contributed by atoms with van der Waals surface area (Å²) in [6.45, 7) is 0. The maximum Gasteiger partial charge on any atom is 0.242 e. The largest absolute Gasteiger partial charge is 0.398 e. The maximum atomic E-state index is 12.3. The predicted molar refractivity (Wildman–Crippen MR) is 76.1 cm³/mol. The highest BCUT2D eigenvalue weighted by atomic mass is 79.9. The molecule has 2 rings (SSSR count). The van der Waals surface area contributed by atoms with Crippen LogP contribution in [0.1, 0.15) is 25.7 Å². The lowest BCUT2D eigenvalue weighted by atomic mass is 10.3. The average molecular weight is 354 g/mol. The molecule has 0 radical (unpaired) electrons. The van der Waals surface area contributed by atoms with Crippen LogP contribution >= 0.6 is 27.5 Å². The summed E-state index contributed by atoms with van der Waals surface area (Å²) in [4.78, 5) is 0.0967. The Kier molecular flexibility index (Phi) is 4.21. The molecule has 1 aliphatic carbocycles. The Labute approximate surface area is 120 Å². The first-order chi connectivity index (χ1) is 8.40. The Hall–Kier alpha value is -0.300. The van der Waals surface area contributed by atoms with Crippen molar-refractivity contribution in [1.29, 1.82) is 0 Å². The van der Waals surface area contributed by atoms with Gasteiger partial charge in [0, 0.05) is 16.8 Å². The van der Waals surface area contributed by atoms with Crippen LogP contribution in [-0.2, 0) is 10.0 Å².